The fourth-order valence-electron chi connectivity index (χ4n) is 0.973. The third-order valence-electron chi connectivity index (χ3n) is 1.82. The van der Waals surface area contributed by atoms with Crippen molar-refractivity contribution in [1.29, 1.82) is 0 Å². The van der Waals surface area contributed by atoms with Gasteiger partial charge in [-0.15, -0.1) is 0 Å². The van der Waals surface area contributed by atoms with Crippen molar-refractivity contribution in [3.8, 4) is 0 Å². The van der Waals surface area contributed by atoms with Crippen LogP contribution in [0.2, 0.25) is 0 Å². The number of carbonyl (C=O) groups is 2. The molecular formula is C10H20N2O4. The molecule has 0 aliphatic heterocycles. The van der Waals surface area contributed by atoms with Crippen molar-refractivity contribution in [3.05, 3.63) is 0 Å². The number of amides is 2. The molecule has 0 aromatic carbocycles. The summed E-state index contributed by atoms with van der Waals surface area (Å²) in [7, 11) is 1.42. The van der Waals surface area contributed by atoms with Gasteiger partial charge >= 0.3 is 6.09 Å². The van der Waals surface area contributed by atoms with Crippen molar-refractivity contribution in [2.45, 2.75) is 38.8 Å². The number of aliphatic hydroxyl groups excluding tert-OH is 1. The van der Waals surface area contributed by atoms with E-state index in [0.29, 0.717) is 0 Å². The highest BCUT2D eigenvalue weighted by Crippen LogP contribution is 2.09. The van der Waals surface area contributed by atoms with Gasteiger partial charge in [-0.1, -0.05) is 0 Å². The summed E-state index contributed by atoms with van der Waals surface area (Å²) >= 11 is 0. The molecule has 16 heavy (non-hydrogen) atoms. The summed E-state index contributed by atoms with van der Waals surface area (Å²) in [4.78, 5) is 22.9. The highest BCUT2D eigenvalue weighted by Gasteiger charge is 2.35. The number of rotatable bonds is 3. The summed E-state index contributed by atoms with van der Waals surface area (Å²) in [5, 5.41) is 13.8. The van der Waals surface area contributed by atoms with Crippen molar-refractivity contribution < 1.29 is 19.4 Å². The van der Waals surface area contributed by atoms with E-state index in [0.717, 1.165) is 0 Å². The zero-order chi connectivity index (χ0) is 13.0. The van der Waals surface area contributed by atoms with E-state index in [4.69, 9.17) is 9.84 Å². The number of aliphatic hydroxyl groups is 1. The zero-order valence-electron chi connectivity index (χ0n) is 10.4. The van der Waals surface area contributed by atoms with Crippen molar-refractivity contribution in [1.82, 2.24) is 10.6 Å². The smallest absolute Gasteiger partial charge is 0.408 e. The largest absolute Gasteiger partial charge is 0.444 e. The zero-order valence-corrected chi connectivity index (χ0v) is 10.4. The molecule has 0 radical (unpaired) electrons. The van der Waals surface area contributed by atoms with Crippen LogP contribution in [0.3, 0.4) is 0 Å². The van der Waals surface area contributed by atoms with E-state index in [1.807, 2.05) is 0 Å². The van der Waals surface area contributed by atoms with Crippen LogP contribution in [0.5, 0.6) is 0 Å². The Balaban J connectivity index is 4.55. The van der Waals surface area contributed by atoms with Gasteiger partial charge in [0.2, 0.25) is 5.91 Å². The maximum Gasteiger partial charge on any atom is 0.408 e. The van der Waals surface area contributed by atoms with Gasteiger partial charge in [0, 0.05) is 7.05 Å². The Kier molecular flexibility index (Phi) is 4.74. The Morgan fingerprint density at radius 2 is 1.75 bits per heavy atom. The number of ether oxygens (including phenoxy) is 1. The number of hydrogen-bond donors (Lipinski definition) is 3. The first-order valence-electron chi connectivity index (χ1n) is 4.99. The van der Waals surface area contributed by atoms with Crippen LogP contribution in [0.1, 0.15) is 27.7 Å². The van der Waals surface area contributed by atoms with Crippen molar-refractivity contribution in [2.75, 3.05) is 13.7 Å². The Labute approximate surface area is 95.4 Å². The Hall–Kier alpha value is -1.30. The molecule has 0 heterocycles. The minimum atomic E-state index is -1.38. The van der Waals surface area contributed by atoms with Crippen LogP contribution in [-0.2, 0) is 9.53 Å². The first-order valence-corrected chi connectivity index (χ1v) is 4.99. The van der Waals surface area contributed by atoms with Crippen LogP contribution >= 0.6 is 0 Å². The molecule has 0 aliphatic carbocycles. The van der Waals surface area contributed by atoms with Crippen molar-refractivity contribution in [2.24, 2.45) is 0 Å². The average molecular weight is 232 g/mol. The van der Waals surface area contributed by atoms with Crippen LogP contribution in [0.25, 0.3) is 0 Å². The number of nitrogens with one attached hydrogen (secondary N) is 2. The van der Waals surface area contributed by atoms with Gasteiger partial charge in [-0.05, 0) is 27.7 Å². The maximum absolute atomic E-state index is 11.4. The van der Waals surface area contributed by atoms with Gasteiger partial charge in [-0.2, -0.15) is 0 Å². The van der Waals surface area contributed by atoms with E-state index in [-0.39, 0.29) is 0 Å². The summed E-state index contributed by atoms with van der Waals surface area (Å²) in [6, 6.07) is 0. The van der Waals surface area contributed by atoms with E-state index >= 15 is 0 Å². The summed E-state index contributed by atoms with van der Waals surface area (Å²) in [5.41, 5.74) is -2.03. The molecule has 0 fully saturated rings. The third kappa shape index (κ3) is 4.48. The molecule has 0 saturated carbocycles. The van der Waals surface area contributed by atoms with Crippen LogP contribution in [0.15, 0.2) is 0 Å². The van der Waals surface area contributed by atoms with Crippen molar-refractivity contribution >= 4 is 12.0 Å². The standard InChI is InChI=1S/C10H20N2O4/c1-9(2,3)16-8(15)12-10(4,6-13)7(14)11-5/h13H,6H2,1-5H3,(H,11,14)(H,12,15). The summed E-state index contributed by atoms with van der Waals surface area (Å²) in [5.74, 6) is -0.485. The molecule has 6 nitrogen and oxygen atoms in total. The molecule has 0 saturated heterocycles. The highest BCUT2D eigenvalue weighted by atomic mass is 16.6. The van der Waals surface area contributed by atoms with E-state index < -0.39 is 29.7 Å². The fourth-order valence-corrected chi connectivity index (χ4v) is 0.973. The summed E-state index contributed by atoms with van der Waals surface area (Å²) in [6.45, 7) is 6.04. The van der Waals surface area contributed by atoms with Gasteiger partial charge in [0.05, 0.1) is 6.61 Å². The second-order valence-electron chi connectivity index (χ2n) is 4.70. The third-order valence-corrected chi connectivity index (χ3v) is 1.82. The summed E-state index contributed by atoms with van der Waals surface area (Å²) < 4.78 is 4.99. The van der Waals surface area contributed by atoms with E-state index in [1.54, 1.807) is 20.8 Å². The molecule has 94 valence electrons. The lowest BCUT2D eigenvalue weighted by Crippen LogP contribution is -2.59. The van der Waals surface area contributed by atoms with Gasteiger partial charge in [0.15, 0.2) is 0 Å². The first-order chi connectivity index (χ1) is 7.14. The molecule has 0 aliphatic rings. The molecule has 0 aromatic heterocycles. The average Bonchev–Trinajstić information content (AvgIpc) is 2.13. The number of hydrogen-bond acceptors (Lipinski definition) is 4. The van der Waals surface area contributed by atoms with Gasteiger partial charge in [0.25, 0.3) is 0 Å². The lowest BCUT2D eigenvalue weighted by Gasteiger charge is -2.28. The normalized spacial score (nSPS) is 14.9. The van der Waals surface area contributed by atoms with Crippen LogP contribution in [0.4, 0.5) is 4.79 Å². The predicted octanol–water partition coefficient (Wildman–Crippen LogP) is 0.00810. The molecule has 1 atom stereocenters. The Bertz CT molecular complexity index is 272. The molecule has 0 spiro atoms. The second-order valence-corrected chi connectivity index (χ2v) is 4.70. The second kappa shape index (κ2) is 5.16. The molecule has 0 bridgehead atoms. The molecule has 2 amide bonds. The maximum atomic E-state index is 11.4. The van der Waals surface area contributed by atoms with Gasteiger partial charge in [-0.25, -0.2) is 4.79 Å². The van der Waals surface area contributed by atoms with Gasteiger partial charge < -0.3 is 20.5 Å². The monoisotopic (exact) mass is 232 g/mol. The molecule has 0 rings (SSSR count). The first kappa shape index (κ1) is 14.7. The van der Waals surface area contributed by atoms with E-state index in [2.05, 4.69) is 10.6 Å². The quantitative estimate of drug-likeness (QED) is 0.639. The van der Waals surface area contributed by atoms with Crippen LogP contribution < -0.4 is 10.6 Å². The molecule has 0 aromatic rings. The van der Waals surface area contributed by atoms with Gasteiger partial charge in [-0.3, -0.25) is 4.79 Å². The highest BCUT2D eigenvalue weighted by molar-refractivity contribution is 5.89. The predicted molar refractivity (Wildman–Crippen MR) is 58.9 cm³/mol. The number of alkyl carbamates (subject to hydrolysis) is 1. The van der Waals surface area contributed by atoms with Crippen molar-refractivity contribution in [3.63, 3.8) is 0 Å². The lowest BCUT2D eigenvalue weighted by molar-refractivity contribution is -0.128. The Morgan fingerprint density at radius 3 is 2.06 bits per heavy atom. The minimum absolute atomic E-state index is 0.485. The van der Waals surface area contributed by atoms with Crippen LogP contribution in [0, 0.1) is 0 Å². The van der Waals surface area contributed by atoms with Crippen LogP contribution in [-0.4, -0.2) is 41.9 Å². The number of carbonyl (C=O) groups excluding carboxylic acids is 2. The molecular weight excluding hydrogens is 212 g/mol. The molecule has 6 heteroatoms. The molecule has 3 N–H and O–H groups in total. The Morgan fingerprint density at radius 1 is 1.25 bits per heavy atom. The fraction of sp³-hybridized carbons (Fsp3) is 0.800. The SMILES string of the molecule is CNC(=O)C(C)(CO)NC(=O)OC(C)(C)C. The summed E-state index contributed by atoms with van der Waals surface area (Å²) in [6.07, 6.45) is -0.743. The van der Waals surface area contributed by atoms with E-state index in [9.17, 15) is 9.59 Å². The topological polar surface area (TPSA) is 87.7 Å². The number of likely N-dealkylation sites (N-methyl/N-ethyl adjacent to an activating group) is 1. The van der Waals surface area contributed by atoms with Gasteiger partial charge in [0.1, 0.15) is 11.1 Å². The van der Waals surface area contributed by atoms with E-state index in [1.165, 1.54) is 14.0 Å². The lowest BCUT2D eigenvalue weighted by atomic mass is 10.0. The molecule has 1 unspecified atom stereocenters. The minimum Gasteiger partial charge on any atom is -0.444 e.